The average molecular weight is 388 g/mol. The van der Waals surface area contributed by atoms with Crippen LogP contribution in [0.3, 0.4) is 0 Å². The second-order valence-electron chi connectivity index (χ2n) is 6.03. The Hall–Kier alpha value is -4.26. The second-order valence-corrected chi connectivity index (χ2v) is 6.03. The summed E-state index contributed by atoms with van der Waals surface area (Å²) in [6.07, 6.45) is 0. The number of para-hydroxylation sites is 2. The number of cyclic esters (lactones) is 2. The Kier molecular flexibility index (Phi) is 4.62. The molecule has 7 heteroatoms. The molecule has 7 nitrogen and oxygen atoms in total. The van der Waals surface area contributed by atoms with Gasteiger partial charge < -0.3 is 14.2 Å². The second kappa shape index (κ2) is 7.40. The lowest BCUT2D eigenvalue weighted by Gasteiger charge is -2.10. The van der Waals surface area contributed by atoms with Crippen molar-refractivity contribution >= 4 is 23.9 Å². The van der Waals surface area contributed by atoms with Crippen molar-refractivity contribution in [2.75, 3.05) is 0 Å². The van der Waals surface area contributed by atoms with Gasteiger partial charge in [0.2, 0.25) is 0 Å². The summed E-state index contributed by atoms with van der Waals surface area (Å²) in [7, 11) is 0. The summed E-state index contributed by atoms with van der Waals surface area (Å²) in [5.74, 6) is -2.74. The Bertz CT molecular complexity index is 1150. The number of carbonyl (C=O) groups excluding carboxylic acids is 4. The molecule has 1 heterocycles. The van der Waals surface area contributed by atoms with Crippen LogP contribution in [0.5, 0.6) is 11.5 Å². The molecule has 0 unspecified atom stereocenters. The topological polar surface area (TPSA) is 96.0 Å². The third kappa shape index (κ3) is 3.61. The van der Waals surface area contributed by atoms with E-state index in [-0.39, 0.29) is 28.0 Å². The molecule has 0 radical (unpaired) electrons. The number of benzene rings is 3. The fraction of sp³-hybridized carbons (Fsp3) is 0. The van der Waals surface area contributed by atoms with Crippen LogP contribution < -0.4 is 9.47 Å². The summed E-state index contributed by atoms with van der Waals surface area (Å²) >= 11 is 0. The first-order valence-corrected chi connectivity index (χ1v) is 8.52. The van der Waals surface area contributed by atoms with E-state index in [1.54, 1.807) is 42.5 Å². The lowest BCUT2D eigenvalue weighted by atomic mass is 10.1. The Morgan fingerprint density at radius 1 is 0.690 bits per heavy atom. The first-order valence-electron chi connectivity index (χ1n) is 8.52. The molecule has 0 aliphatic carbocycles. The van der Waals surface area contributed by atoms with Crippen molar-refractivity contribution in [1.82, 2.24) is 0 Å². The third-order valence-electron chi connectivity index (χ3n) is 4.14. The Morgan fingerprint density at radius 3 is 2.17 bits per heavy atom. The van der Waals surface area contributed by atoms with Crippen LogP contribution in [0.25, 0.3) is 0 Å². The SMILES string of the molecule is O=C(Oc1ccccc1C(=O)Oc1ccccc1)c1ccc2c(c1)C(=O)OC2=O. The summed E-state index contributed by atoms with van der Waals surface area (Å²) in [6, 6.07) is 18.5. The van der Waals surface area contributed by atoms with E-state index in [0.29, 0.717) is 5.75 Å². The van der Waals surface area contributed by atoms with Crippen LogP contribution >= 0.6 is 0 Å². The number of carbonyl (C=O) groups is 4. The van der Waals surface area contributed by atoms with Gasteiger partial charge in [0.15, 0.2) is 0 Å². The van der Waals surface area contributed by atoms with Crippen molar-refractivity contribution in [3.05, 3.63) is 95.1 Å². The molecule has 4 rings (SSSR count). The zero-order valence-electron chi connectivity index (χ0n) is 14.8. The Morgan fingerprint density at radius 2 is 1.38 bits per heavy atom. The van der Waals surface area contributed by atoms with Crippen molar-refractivity contribution in [2.45, 2.75) is 0 Å². The molecule has 1 aliphatic heterocycles. The van der Waals surface area contributed by atoms with E-state index in [9.17, 15) is 19.2 Å². The van der Waals surface area contributed by atoms with E-state index in [2.05, 4.69) is 4.74 Å². The third-order valence-corrected chi connectivity index (χ3v) is 4.14. The minimum absolute atomic E-state index is 0.00224. The minimum atomic E-state index is -0.827. The largest absolute Gasteiger partial charge is 0.423 e. The number of hydrogen-bond donors (Lipinski definition) is 0. The highest BCUT2D eigenvalue weighted by Crippen LogP contribution is 2.24. The summed E-state index contributed by atoms with van der Waals surface area (Å²) in [5, 5.41) is 0. The van der Waals surface area contributed by atoms with Crippen molar-refractivity contribution in [2.24, 2.45) is 0 Å². The maximum absolute atomic E-state index is 12.5. The molecule has 0 saturated heterocycles. The van der Waals surface area contributed by atoms with E-state index in [0.717, 1.165) is 0 Å². The molecule has 0 N–H and O–H groups in total. The highest BCUT2D eigenvalue weighted by molar-refractivity contribution is 6.15. The zero-order chi connectivity index (χ0) is 20.4. The monoisotopic (exact) mass is 388 g/mol. The maximum Gasteiger partial charge on any atom is 0.347 e. The van der Waals surface area contributed by atoms with E-state index in [4.69, 9.17) is 9.47 Å². The molecule has 142 valence electrons. The number of fused-ring (bicyclic) bond motifs is 1. The number of ether oxygens (including phenoxy) is 3. The first-order chi connectivity index (χ1) is 14.0. The number of esters is 4. The van der Waals surface area contributed by atoms with Gasteiger partial charge in [-0.1, -0.05) is 30.3 Å². The molecule has 0 atom stereocenters. The summed E-state index contributed by atoms with van der Waals surface area (Å²) in [6.45, 7) is 0. The van der Waals surface area contributed by atoms with E-state index >= 15 is 0 Å². The van der Waals surface area contributed by atoms with Crippen LogP contribution in [-0.2, 0) is 4.74 Å². The molecule has 3 aromatic carbocycles. The summed E-state index contributed by atoms with van der Waals surface area (Å²) in [4.78, 5) is 48.2. The van der Waals surface area contributed by atoms with Crippen molar-refractivity contribution < 1.29 is 33.4 Å². The van der Waals surface area contributed by atoms with Gasteiger partial charge in [-0.25, -0.2) is 19.2 Å². The van der Waals surface area contributed by atoms with Crippen molar-refractivity contribution in [3.63, 3.8) is 0 Å². The lowest BCUT2D eigenvalue weighted by Crippen LogP contribution is -2.15. The molecular formula is C22H12O7. The summed E-state index contributed by atoms with van der Waals surface area (Å²) in [5.41, 5.74) is 0.154. The van der Waals surface area contributed by atoms with Crippen LogP contribution in [0.15, 0.2) is 72.8 Å². The van der Waals surface area contributed by atoms with Gasteiger partial charge in [0.25, 0.3) is 0 Å². The molecule has 0 saturated carbocycles. The first kappa shape index (κ1) is 18.1. The fourth-order valence-electron chi connectivity index (χ4n) is 2.75. The van der Waals surface area contributed by atoms with Gasteiger partial charge in [0, 0.05) is 0 Å². The minimum Gasteiger partial charge on any atom is -0.423 e. The smallest absolute Gasteiger partial charge is 0.347 e. The quantitative estimate of drug-likeness (QED) is 0.384. The van der Waals surface area contributed by atoms with Crippen LogP contribution in [0.2, 0.25) is 0 Å². The van der Waals surface area contributed by atoms with Crippen LogP contribution in [0, 0.1) is 0 Å². The Labute approximate surface area is 164 Å². The van der Waals surface area contributed by atoms with E-state index in [1.165, 1.54) is 30.3 Å². The molecule has 0 amide bonds. The normalized spacial score (nSPS) is 12.1. The van der Waals surface area contributed by atoms with Gasteiger partial charge >= 0.3 is 23.9 Å². The van der Waals surface area contributed by atoms with Gasteiger partial charge in [0.1, 0.15) is 17.1 Å². The van der Waals surface area contributed by atoms with Crippen molar-refractivity contribution in [3.8, 4) is 11.5 Å². The molecule has 0 fully saturated rings. The molecular weight excluding hydrogens is 376 g/mol. The fourth-order valence-corrected chi connectivity index (χ4v) is 2.75. The summed E-state index contributed by atoms with van der Waals surface area (Å²) < 4.78 is 15.1. The van der Waals surface area contributed by atoms with E-state index < -0.39 is 23.9 Å². The van der Waals surface area contributed by atoms with E-state index in [1.807, 2.05) is 0 Å². The molecule has 0 bridgehead atoms. The molecule has 3 aromatic rings. The van der Waals surface area contributed by atoms with Gasteiger partial charge in [-0.3, -0.25) is 0 Å². The van der Waals surface area contributed by atoms with Crippen LogP contribution in [0.1, 0.15) is 41.4 Å². The Balaban J connectivity index is 1.57. The predicted octanol–water partition coefficient (Wildman–Crippen LogP) is 3.44. The lowest BCUT2D eigenvalue weighted by molar-refractivity contribution is 0.0443. The highest BCUT2D eigenvalue weighted by atomic mass is 16.6. The predicted molar refractivity (Wildman–Crippen MR) is 99.0 cm³/mol. The van der Waals surface area contributed by atoms with Crippen LogP contribution in [-0.4, -0.2) is 23.9 Å². The van der Waals surface area contributed by atoms with Gasteiger partial charge in [0.05, 0.1) is 16.7 Å². The van der Waals surface area contributed by atoms with Gasteiger partial charge in [-0.2, -0.15) is 0 Å². The molecule has 0 aromatic heterocycles. The molecule has 29 heavy (non-hydrogen) atoms. The standard InChI is InChI=1S/C22H12O7/c23-19(13-10-11-15-17(12-13)22(26)29-20(15)24)28-18-9-5-4-8-16(18)21(25)27-14-6-2-1-3-7-14/h1-12H. The molecule has 1 aliphatic rings. The maximum atomic E-state index is 12.5. The average Bonchev–Trinajstić information content (AvgIpc) is 3.02. The van der Waals surface area contributed by atoms with Crippen molar-refractivity contribution in [1.29, 1.82) is 0 Å². The zero-order valence-corrected chi connectivity index (χ0v) is 14.8. The van der Waals surface area contributed by atoms with Crippen LogP contribution in [0.4, 0.5) is 0 Å². The highest BCUT2D eigenvalue weighted by Gasteiger charge is 2.30. The van der Waals surface area contributed by atoms with Gasteiger partial charge in [-0.05, 0) is 42.5 Å². The van der Waals surface area contributed by atoms with Gasteiger partial charge in [-0.15, -0.1) is 0 Å². The molecule has 0 spiro atoms. The number of rotatable bonds is 4. The number of hydrogen-bond acceptors (Lipinski definition) is 7.